The van der Waals surface area contributed by atoms with Gasteiger partial charge in [0.2, 0.25) is 0 Å². The molecular weight excluding hydrogens is 312 g/mol. The largest absolute Gasteiger partial charge is 0.356 e. The van der Waals surface area contributed by atoms with Crippen LogP contribution in [-0.4, -0.2) is 47.1 Å². The molecule has 25 heavy (non-hydrogen) atoms. The van der Waals surface area contributed by atoms with Gasteiger partial charge in [-0.25, -0.2) is 9.78 Å². The SMILES string of the molecule is Cc1ccc(N2CCC(NC(=O)N(C3CC3)C(C)C3CC3)CC2)nc1. The second-order valence-corrected chi connectivity index (χ2v) is 8.12. The summed E-state index contributed by atoms with van der Waals surface area (Å²) in [7, 11) is 0. The van der Waals surface area contributed by atoms with Gasteiger partial charge in [0.25, 0.3) is 0 Å². The van der Waals surface area contributed by atoms with Crippen LogP contribution in [0.5, 0.6) is 0 Å². The summed E-state index contributed by atoms with van der Waals surface area (Å²) in [6.45, 7) is 6.22. The van der Waals surface area contributed by atoms with Crippen molar-refractivity contribution < 1.29 is 4.79 Å². The molecule has 3 fully saturated rings. The Labute approximate surface area is 150 Å². The lowest BCUT2D eigenvalue weighted by atomic mass is 10.0. The Morgan fingerprint density at radius 3 is 2.48 bits per heavy atom. The molecule has 2 saturated carbocycles. The van der Waals surface area contributed by atoms with E-state index in [9.17, 15) is 4.79 Å². The molecule has 3 aliphatic rings. The average molecular weight is 342 g/mol. The first kappa shape index (κ1) is 16.7. The number of amides is 2. The summed E-state index contributed by atoms with van der Waals surface area (Å²) in [6.07, 6.45) is 8.87. The van der Waals surface area contributed by atoms with Gasteiger partial charge in [0.1, 0.15) is 5.82 Å². The van der Waals surface area contributed by atoms with Crippen molar-refractivity contribution >= 4 is 11.8 Å². The standard InChI is InChI=1S/C20H30N4O/c1-14-3-8-19(21-13-14)23-11-9-17(10-12-23)22-20(25)24(18-6-7-18)15(2)16-4-5-16/h3,8,13,15-18H,4-7,9-12H2,1-2H3,(H,22,25). The zero-order valence-corrected chi connectivity index (χ0v) is 15.4. The van der Waals surface area contributed by atoms with Crippen LogP contribution in [0.1, 0.15) is 51.0 Å². The van der Waals surface area contributed by atoms with Crippen molar-refractivity contribution in [1.29, 1.82) is 0 Å². The van der Waals surface area contributed by atoms with Crippen LogP contribution in [0, 0.1) is 12.8 Å². The molecule has 1 unspecified atom stereocenters. The Balaban J connectivity index is 1.30. The van der Waals surface area contributed by atoms with Crippen molar-refractivity contribution in [2.75, 3.05) is 18.0 Å². The minimum absolute atomic E-state index is 0.175. The van der Waals surface area contributed by atoms with E-state index in [0.717, 1.165) is 37.7 Å². The average Bonchev–Trinajstić information content (AvgIpc) is 3.49. The number of aryl methyl sites for hydroxylation is 1. The molecule has 1 atom stereocenters. The van der Waals surface area contributed by atoms with Crippen LogP contribution in [-0.2, 0) is 0 Å². The van der Waals surface area contributed by atoms with Crippen LogP contribution in [0.15, 0.2) is 18.3 Å². The van der Waals surface area contributed by atoms with E-state index < -0.39 is 0 Å². The normalized spacial score (nSPS) is 22.6. The number of hydrogen-bond acceptors (Lipinski definition) is 3. The van der Waals surface area contributed by atoms with Gasteiger partial charge >= 0.3 is 6.03 Å². The zero-order chi connectivity index (χ0) is 17.4. The highest BCUT2D eigenvalue weighted by atomic mass is 16.2. The van der Waals surface area contributed by atoms with Gasteiger partial charge in [-0.15, -0.1) is 0 Å². The molecule has 1 saturated heterocycles. The number of piperidine rings is 1. The molecule has 0 spiro atoms. The van der Waals surface area contributed by atoms with E-state index in [4.69, 9.17) is 0 Å². The van der Waals surface area contributed by atoms with Gasteiger partial charge in [-0.3, -0.25) is 0 Å². The number of nitrogens with zero attached hydrogens (tertiary/aromatic N) is 3. The van der Waals surface area contributed by atoms with Gasteiger partial charge in [0, 0.05) is 37.4 Å². The highest BCUT2D eigenvalue weighted by Gasteiger charge is 2.42. The maximum absolute atomic E-state index is 12.8. The lowest BCUT2D eigenvalue weighted by Gasteiger charge is -2.36. The van der Waals surface area contributed by atoms with E-state index in [1.165, 1.54) is 31.2 Å². The number of carbonyl (C=O) groups excluding carboxylic acids is 1. The van der Waals surface area contributed by atoms with Crippen LogP contribution in [0.25, 0.3) is 0 Å². The molecule has 0 aromatic carbocycles. The highest BCUT2D eigenvalue weighted by Crippen LogP contribution is 2.39. The lowest BCUT2D eigenvalue weighted by molar-refractivity contribution is 0.161. The first-order valence-electron chi connectivity index (χ1n) is 9.88. The van der Waals surface area contributed by atoms with Crippen molar-refractivity contribution in [2.45, 2.75) is 70.5 Å². The Morgan fingerprint density at radius 1 is 1.20 bits per heavy atom. The Hall–Kier alpha value is -1.78. The van der Waals surface area contributed by atoms with Gasteiger partial charge in [-0.1, -0.05) is 6.07 Å². The molecule has 0 bridgehead atoms. The molecule has 5 nitrogen and oxygen atoms in total. The molecule has 1 N–H and O–H groups in total. The Kier molecular flexibility index (Phi) is 4.57. The molecule has 136 valence electrons. The number of pyridine rings is 1. The molecule has 2 amide bonds. The van der Waals surface area contributed by atoms with Gasteiger partial charge in [-0.05, 0) is 69.9 Å². The molecule has 1 aliphatic heterocycles. The van der Waals surface area contributed by atoms with Crippen LogP contribution in [0.3, 0.4) is 0 Å². The number of nitrogens with one attached hydrogen (secondary N) is 1. The molecule has 2 aliphatic carbocycles. The van der Waals surface area contributed by atoms with Crippen molar-refractivity contribution in [3.05, 3.63) is 23.9 Å². The highest BCUT2D eigenvalue weighted by molar-refractivity contribution is 5.75. The summed E-state index contributed by atoms with van der Waals surface area (Å²) in [5, 5.41) is 3.32. The van der Waals surface area contributed by atoms with Crippen molar-refractivity contribution in [2.24, 2.45) is 5.92 Å². The predicted octanol–water partition coefficient (Wildman–Crippen LogP) is 3.33. The Bertz CT molecular complexity index is 601. The predicted molar refractivity (Wildman–Crippen MR) is 99.8 cm³/mol. The number of anilines is 1. The lowest BCUT2D eigenvalue weighted by Crippen LogP contribution is -2.52. The van der Waals surface area contributed by atoms with Crippen molar-refractivity contribution in [3.8, 4) is 0 Å². The molecule has 1 aromatic heterocycles. The molecule has 1 aromatic rings. The van der Waals surface area contributed by atoms with Gasteiger partial charge in [0.15, 0.2) is 0 Å². The summed E-state index contributed by atoms with van der Waals surface area (Å²) in [6, 6.07) is 5.58. The second kappa shape index (κ2) is 6.85. The Morgan fingerprint density at radius 2 is 1.92 bits per heavy atom. The maximum atomic E-state index is 12.8. The molecular formula is C20H30N4O. The summed E-state index contributed by atoms with van der Waals surface area (Å²) >= 11 is 0. The van der Waals surface area contributed by atoms with Gasteiger partial charge in [0.05, 0.1) is 0 Å². The number of rotatable bonds is 5. The minimum atomic E-state index is 0.175. The first-order chi connectivity index (χ1) is 12.1. The van der Waals surface area contributed by atoms with E-state index in [1.54, 1.807) is 0 Å². The third-order valence-corrected chi connectivity index (χ3v) is 5.96. The van der Waals surface area contributed by atoms with Crippen LogP contribution in [0.4, 0.5) is 10.6 Å². The number of aromatic nitrogens is 1. The van der Waals surface area contributed by atoms with E-state index in [-0.39, 0.29) is 6.03 Å². The number of carbonyl (C=O) groups is 1. The van der Waals surface area contributed by atoms with Gasteiger partial charge in [-0.2, -0.15) is 0 Å². The second-order valence-electron chi connectivity index (χ2n) is 8.12. The monoisotopic (exact) mass is 342 g/mol. The number of hydrogen-bond donors (Lipinski definition) is 1. The topological polar surface area (TPSA) is 48.5 Å². The smallest absolute Gasteiger partial charge is 0.318 e. The third kappa shape index (κ3) is 3.91. The molecule has 5 heteroatoms. The fraction of sp³-hybridized carbons (Fsp3) is 0.700. The van der Waals surface area contributed by atoms with Crippen molar-refractivity contribution in [3.63, 3.8) is 0 Å². The summed E-state index contributed by atoms with van der Waals surface area (Å²) in [4.78, 5) is 21.9. The quantitative estimate of drug-likeness (QED) is 0.893. The summed E-state index contributed by atoms with van der Waals surface area (Å²) in [5.41, 5.74) is 1.19. The van der Waals surface area contributed by atoms with Crippen LogP contribution >= 0.6 is 0 Å². The van der Waals surface area contributed by atoms with Gasteiger partial charge < -0.3 is 15.1 Å². The summed E-state index contributed by atoms with van der Waals surface area (Å²) in [5.74, 6) is 1.79. The van der Waals surface area contributed by atoms with Crippen molar-refractivity contribution in [1.82, 2.24) is 15.2 Å². The zero-order valence-electron chi connectivity index (χ0n) is 15.4. The molecule has 0 radical (unpaired) electrons. The van der Waals surface area contributed by atoms with Crippen LogP contribution in [0.2, 0.25) is 0 Å². The maximum Gasteiger partial charge on any atom is 0.318 e. The van der Waals surface area contributed by atoms with E-state index in [2.05, 4.69) is 46.1 Å². The van der Waals surface area contributed by atoms with Crippen LogP contribution < -0.4 is 10.2 Å². The fourth-order valence-electron chi connectivity index (χ4n) is 3.99. The third-order valence-electron chi connectivity index (χ3n) is 5.96. The molecule has 2 heterocycles. The molecule has 4 rings (SSSR count). The first-order valence-corrected chi connectivity index (χ1v) is 9.88. The van der Waals surface area contributed by atoms with E-state index >= 15 is 0 Å². The van der Waals surface area contributed by atoms with E-state index in [1.807, 2.05) is 6.20 Å². The summed E-state index contributed by atoms with van der Waals surface area (Å²) < 4.78 is 0. The fourth-order valence-corrected chi connectivity index (χ4v) is 3.99. The minimum Gasteiger partial charge on any atom is -0.356 e. The number of urea groups is 1. The van der Waals surface area contributed by atoms with E-state index in [0.29, 0.717) is 18.1 Å².